The zero-order chi connectivity index (χ0) is 15.0. The maximum Gasteiger partial charge on any atom is 0.144 e. The average Bonchev–Trinajstić information content (AvgIpc) is 2.77. The maximum atomic E-state index is 13.8. The largest absolute Gasteiger partial charge is 0.296 e. The van der Waals surface area contributed by atoms with Gasteiger partial charge in [-0.15, -0.1) is 11.6 Å². The number of hydrogen-bond acceptors (Lipinski definition) is 1. The lowest BCUT2D eigenvalue weighted by molar-refractivity contribution is 0.629. The van der Waals surface area contributed by atoms with Crippen molar-refractivity contribution in [1.29, 1.82) is 0 Å². The molecular formula is C15H10Cl3FN2. The van der Waals surface area contributed by atoms with Gasteiger partial charge in [-0.1, -0.05) is 29.3 Å². The third kappa shape index (κ3) is 2.73. The van der Waals surface area contributed by atoms with E-state index in [9.17, 15) is 4.39 Å². The van der Waals surface area contributed by atoms with Gasteiger partial charge in [-0.3, -0.25) is 4.57 Å². The van der Waals surface area contributed by atoms with Crippen LogP contribution < -0.4 is 0 Å². The number of fused-ring (bicyclic) bond motifs is 1. The summed E-state index contributed by atoms with van der Waals surface area (Å²) in [4.78, 5) is 4.49. The van der Waals surface area contributed by atoms with Crippen LogP contribution in [0.25, 0.3) is 16.7 Å². The molecule has 0 saturated heterocycles. The fraction of sp³-hybridized carbons (Fsp3) is 0.133. The smallest absolute Gasteiger partial charge is 0.144 e. The maximum absolute atomic E-state index is 13.8. The highest BCUT2D eigenvalue weighted by Crippen LogP contribution is 2.28. The van der Waals surface area contributed by atoms with Crippen LogP contribution in [0.4, 0.5) is 4.39 Å². The lowest BCUT2D eigenvalue weighted by atomic mass is 10.2. The van der Waals surface area contributed by atoms with Crippen molar-refractivity contribution in [3.05, 3.63) is 58.1 Å². The molecule has 0 saturated carbocycles. The van der Waals surface area contributed by atoms with Gasteiger partial charge in [0, 0.05) is 29.1 Å². The SMILES string of the molecule is Fc1cc2c(cc1Cl)nc(CCCl)n2-c1cccc(Cl)c1. The molecule has 0 atom stereocenters. The first-order valence-electron chi connectivity index (χ1n) is 6.28. The van der Waals surface area contributed by atoms with Crippen molar-refractivity contribution in [2.24, 2.45) is 0 Å². The topological polar surface area (TPSA) is 17.8 Å². The Morgan fingerprint density at radius 3 is 2.67 bits per heavy atom. The Labute approximate surface area is 136 Å². The molecule has 0 N–H and O–H groups in total. The fourth-order valence-electron chi connectivity index (χ4n) is 2.28. The summed E-state index contributed by atoms with van der Waals surface area (Å²) >= 11 is 17.7. The number of aryl methyl sites for hydroxylation is 1. The van der Waals surface area contributed by atoms with Gasteiger partial charge in [-0.25, -0.2) is 9.37 Å². The Kier molecular flexibility index (Phi) is 4.07. The lowest BCUT2D eigenvalue weighted by Gasteiger charge is -2.09. The number of imidazole rings is 1. The van der Waals surface area contributed by atoms with E-state index >= 15 is 0 Å². The highest BCUT2D eigenvalue weighted by molar-refractivity contribution is 6.31. The summed E-state index contributed by atoms with van der Waals surface area (Å²) in [5.74, 6) is 0.675. The van der Waals surface area contributed by atoms with Crippen LogP contribution >= 0.6 is 34.8 Å². The molecule has 3 aromatic rings. The van der Waals surface area contributed by atoms with Crippen LogP contribution in [0.15, 0.2) is 36.4 Å². The first-order valence-corrected chi connectivity index (χ1v) is 7.57. The third-order valence-electron chi connectivity index (χ3n) is 3.15. The van der Waals surface area contributed by atoms with E-state index < -0.39 is 5.82 Å². The number of aromatic nitrogens is 2. The van der Waals surface area contributed by atoms with Gasteiger partial charge in [0.15, 0.2) is 0 Å². The second-order valence-corrected chi connectivity index (χ2v) is 5.76. The van der Waals surface area contributed by atoms with E-state index in [1.165, 1.54) is 12.1 Å². The van der Waals surface area contributed by atoms with Crippen molar-refractivity contribution in [3.63, 3.8) is 0 Å². The predicted octanol–water partition coefficient (Wildman–Crippen LogP) is 5.25. The molecule has 0 spiro atoms. The number of alkyl halides is 1. The Morgan fingerprint density at radius 1 is 1.14 bits per heavy atom. The van der Waals surface area contributed by atoms with Crippen LogP contribution in [-0.2, 0) is 6.42 Å². The van der Waals surface area contributed by atoms with Crippen molar-refractivity contribution in [2.75, 3.05) is 5.88 Å². The minimum atomic E-state index is -0.482. The summed E-state index contributed by atoms with van der Waals surface area (Å²) < 4.78 is 15.6. The molecule has 108 valence electrons. The minimum absolute atomic E-state index is 0.0515. The molecule has 0 radical (unpaired) electrons. The minimum Gasteiger partial charge on any atom is -0.296 e. The van der Waals surface area contributed by atoms with Crippen molar-refractivity contribution >= 4 is 45.8 Å². The molecule has 0 aliphatic heterocycles. The number of rotatable bonds is 3. The average molecular weight is 344 g/mol. The Morgan fingerprint density at radius 2 is 1.95 bits per heavy atom. The molecule has 0 amide bonds. The Balaban J connectivity index is 2.32. The second-order valence-electron chi connectivity index (χ2n) is 4.54. The first kappa shape index (κ1) is 14.6. The van der Waals surface area contributed by atoms with Gasteiger partial charge >= 0.3 is 0 Å². The van der Waals surface area contributed by atoms with Gasteiger partial charge in [0.1, 0.15) is 11.6 Å². The summed E-state index contributed by atoms with van der Waals surface area (Å²) in [7, 11) is 0. The molecule has 0 aliphatic rings. The number of hydrogen-bond donors (Lipinski definition) is 0. The molecule has 0 aliphatic carbocycles. The molecule has 6 heteroatoms. The lowest BCUT2D eigenvalue weighted by Crippen LogP contribution is -2.02. The standard InChI is InChI=1S/C15H10Cl3FN2/c16-5-4-15-20-13-7-11(18)12(19)8-14(13)21(15)10-3-1-2-9(17)6-10/h1-3,6-8H,4-5H2. The normalized spacial score (nSPS) is 11.2. The van der Waals surface area contributed by atoms with Crippen LogP contribution in [0.5, 0.6) is 0 Å². The van der Waals surface area contributed by atoms with Crippen LogP contribution in [-0.4, -0.2) is 15.4 Å². The van der Waals surface area contributed by atoms with E-state index in [4.69, 9.17) is 34.8 Å². The molecule has 0 bridgehead atoms. The molecule has 1 heterocycles. The van der Waals surface area contributed by atoms with Crippen molar-refractivity contribution in [3.8, 4) is 5.69 Å². The molecule has 0 unspecified atom stereocenters. The van der Waals surface area contributed by atoms with E-state index in [1.807, 2.05) is 16.7 Å². The van der Waals surface area contributed by atoms with Crippen LogP contribution in [0.2, 0.25) is 10.0 Å². The molecule has 2 nitrogen and oxygen atoms in total. The highest BCUT2D eigenvalue weighted by atomic mass is 35.5. The molecule has 21 heavy (non-hydrogen) atoms. The van der Waals surface area contributed by atoms with Gasteiger partial charge in [-0.05, 0) is 24.3 Å². The van der Waals surface area contributed by atoms with Gasteiger partial charge in [0.05, 0.1) is 16.1 Å². The van der Waals surface area contributed by atoms with E-state index in [-0.39, 0.29) is 5.02 Å². The zero-order valence-electron chi connectivity index (χ0n) is 10.8. The third-order valence-corrected chi connectivity index (χ3v) is 3.86. The Bertz CT molecular complexity index is 814. The summed E-state index contributed by atoms with van der Waals surface area (Å²) in [6, 6.07) is 10.2. The quantitative estimate of drug-likeness (QED) is 0.594. The molecular weight excluding hydrogens is 334 g/mol. The Hall–Kier alpha value is -1.29. The van der Waals surface area contributed by atoms with Crippen molar-refractivity contribution in [1.82, 2.24) is 9.55 Å². The van der Waals surface area contributed by atoms with E-state index in [1.54, 1.807) is 12.1 Å². The summed E-state index contributed by atoms with van der Waals surface area (Å²) in [6.45, 7) is 0. The molecule has 2 aromatic carbocycles. The zero-order valence-corrected chi connectivity index (χ0v) is 13.1. The van der Waals surface area contributed by atoms with E-state index in [0.29, 0.717) is 28.4 Å². The molecule has 0 fully saturated rings. The highest BCUT2D eigenvalue weighted by Gasteiger charge is 2.15. The van der Waals surface area contributed by atoms with Crippen molar-refractivity contribution < 1.29 is 4.39 Å². The fourth-order valence-corrected chi connectivity index (χ4v) is 2.79. The van der Waals surface area contributed by atoms with Crippen LogP contribution in [0, 0.1) is 5.82 Å². The molecule has 1 aromatic heterocycles. The monoisotopic (exact) mass is 342 g/mol. The first-order chi connectivity index (χ1) is 10.1. The van der Waals surface area contributed by atoms with Gasteiger partial charge in [-0.2, -0.15) is 0 Å². The van der Waals surface area contributed by atoms with Gasteiger partial charge in [0.25, 0.3) is 0 Å². The predicted molar refractivity (Wildman–Crippen MR) is 85.5 cm³/mol. The summed E-state index contributed by atoms with van der Waals surface area (Å²) in [6.07, 6.45) is 0.558. The van der Waals surface area contributed by atoms with Crippen LogP contribution in [0.3, 0.4) is 0 Å². The van der Waals surface area contributed by atoms with E-state index in [2.05, 4.69) is 4.98 Å². The van der Waals surface area contributed by atoms with Crippen LogP contribution in [0.1, 0.15) is 5.82 Å². The van der Waals surface area contributed by atoms with Crippen molar-refractivity contribution in [2.45, 2.75) is 6.42 Å². The number of nitrogens with zero attached hydrogens (tertiary/aromatic N) is 2. The number of benzene rings is 2. The summed E-state index contributed by atoms with van der Waals surface area (Å²) in [5.41, 5.74) is 2.08. The molecule has 3 rings (SSSR count). The number of halogens is 4. The van der Waals surface area contributed by atoms with Gasteiger partial charge < -0.3 is 0 Å². The van der Waals surface area contributed by atoms with Gasteiger partial charge in [0.2, 0.25) is 0 Å². The summed E-state index contributed by atoms with van der Waals surface area (Å²) in [5, 5.41) is 0.649. The second kappa shape index (κ2) is 5.84. The van der Waals surface area contributed by atoms with E-state index in [0.717, 1.165) is 11.5 Å².